The zero-order valence-corrected chi connectivity index (χ0v) is 11.0. The Morgan fingerprint density at radius 3 is 2.76 bits per heavy atom. The van der Waals surface area contributed by atoms with Gasteiger partial charge in [-0.1, -0.05) is 11.6 Å². The second-order valence-electron chi connectivity index (χ2n) is 4.29. The predicted molar refractivity (Wildman–Crippen MR) is 69.3 cm³/mol. The van der Waals surface area contributed by atoms with E-state index in [1.807, 2.05) is 12.1 Å². The van der Waals surface area contributed by atoms with Crippen molar-refractivity contribution in [2.45, 2.75) is 25.3 Å². The Morgan fingerprint density at radius 1 is 1.35 bits per heavy atom. The van der Waals surface area contributed by atoms with Gasteiger partial charge in [0, 0.05) is 17.7 Å². The van der Waals surface area contributed by atoms with Crippen LogP contribution in [0.15, 0.2) is 12.1 Å². The first-order valence-electron chi connectivity index (χ1n) is 5.88. The van der Waals surface area contributed by atoms with Crippen molar-refractivity contribution in [1.82, 2.24) is 5.32 Å². The minimum atomic E-state index is 0.509. The molecule has 1 atom stereocenters. The van der Waals surface area contributed by atoms with Crippen molar-refractivity contribution < 1.29 is 9.47 Å². The van der Waals surface area contributed by atoms with Gasteiger partial charge in [0.1, 0.15) is 11.5 Å². The van der Waals surface area contributed by atoms with Crippen molar-refractivity contribution in [3.8, 4) is 11.5 Å². The molecule has 1 N–H and O–H groups in total. The van der Waals surface area contributed by atoms with E-state index in [1.54, 1.807) is 14.2 Å². The Bertz CT molecular complexity index is 389. The molecule has 1 unspecified atom stereocenters. The zero-order chi connectivity index (χ0) is 12.3. The van der Waals surface area contributed by atoms with E-state index in [2.05, 4.69) is 5.32 Å². The fourth-order valence-corrected chi connectivity index (χ4v) is 2.54. The Morgan fingerprint density at radius 2 is 2.18 bits per heavy atom. The molecule has 0 saturated carbocycles. The van der Waals surface area contributed by atoms with Crippen molar-refractivity contribution >= 4 is 11.6 Å². The van der Waals surface area contributed by atoms with Crippen molar-refractivity contribution in [1.29, 1.82) is 0 Å². The Hall–Kier alpha value is -0.930. The number of halogens is 1. The molecule has 1 aliphatic heterocycles. The van der Waals surface area contributed by atoms with E-state index in [4.69, 9.17) is 21.1 Å². The lowest BCUT2D eigenvalue weighted by Gasteiger charge is -2.16. The number of hydrogen-bond acceptors (Lipinski definition) is 3. The van der Waals surface area contributed by atoms with Crippen LogP contribution < -0.4 is 14.8 Å². The van der Waals surface area contributed by atoms with Gasteiger partial charge in [0.15, 0.2) is 0 Å². The minimum absolute atomic E-state index is 0.509. The number of hydrogen-bond donors (Lipinski definition) is 1. The molecule has 0 radical (unpaired) electrons. The standard InChI is InChI=1S/C13H18ClNO2/c1-16-10-7-12(14)11(13(8-10)17-2)6-9-4-3-5-15-9/h7-9,15H,3-6H2,1-2H3. The summed E-state index contributed by atoms with van der Waals surface area (Å²) in [6.07, 6.45) is 3.35. The maximum absolute atomic E-state index is 6.28. The molecule has 1 aromatic rings. The third-order valence-electron chi connectivity index (χ3n) is 3.20. The van der Waals surface area contributed by atoms with Crippen molar-refractivity contribution in [2.24, 2.45) is 0 Å². The van der Waals surface area contributed by atoms with Gasteiger partial charge in [-0.2, -0.15) is 0 Å². The van der Waals surface area contributed by atoms with Gasteiger partial charge in [0.2, 0.25) is 0 Å². The lowest BCUT2D eigenvalue weighted by atomic mass is 10.0. The van der Waals surface area contributed by atoms with Crippen LogP contribution in [0.2, 0.25) is 5.02 Å². The summed E-state index contributed by atoms with van der Waals surface area (Å²) in [7, 11) is 3.29. The van der Waals surface area contributed by atoms with Crippen LogP contribution in [0.4, 0.5) is 0 Å². The normalized spacial score (nSPS) is 19.4. The van der Waals surface area contributed by atoms with Gasteiger partial charge in [-0.3, -0.25) is 0 Å². The molecule has 0 aliphatic carbocycles. The minimum Gasteiger partial charge on any atom is -0.497 e. The Kier molecular flexibility index (Phi) is 4.13. The molecule has 4 heteroatoms. The maximum atomic E-state index is 6.28. The van der Waals surface area contributed by atoms with Gasteiger partial charge in [0.25, 0.3) is 0 Å². The van der Waals surface area contributed by atoms with Crippen LogP contribution in [-0.2, 0) is 6.42 Å². The lowest BCUT2D eigenvalue weighted by molar-refractivity contribution is 0.389. The molecule has 1 saturated heterocycles. The molecular formula is C13H18ClNO2. The predicted octanol–water partition coefficient (Wildman–Crippen LogP) is 2.65. The molecule has 0 spiro atoms. The van der Waals surface area contributed by atoms with Crippen LogP contribution in [0.5, 0.6) is 11.5 Å². The van der Waals surface area contributed by atoms with Gasteiger partial charge in [0.05, 0.1) is 19.2 Å². The lowest BCUT2D eigenvalue weighted by Crippen LogP contribution is -2.24. The van der Waals surface area contributed by atoms with Gasteiger partial charge in [-0.05, 0) is 31.9 Å². The van der Waals surface area contributed by atoms with Gasteiger partial charge in [-0.25, -0.2) is 0 Å². The van der Waals surface area contributed by atoms with Crippen molar-refractivity contribution in [3.05, 3.63) is 22.7 Å². The molecule has 1 heterocycles. The van der Waals surface area contributed by atoms with E-state index in [0.29, 0.717) is 6.04 Å². The van der Waals surface area contributed by atoms with E-state index in [1.165, 1.54) is 12.8 Å². The van der Waals surface area contributed by atoms with E-state index in [-0.39, 0.29) is 0 Å². The molecule has 1 fully saturated rings. The average molecular weight is 256 g/mol. The molecule has 1 aromatic carbocycles. The third kappa shape index (κ3) is 2.85. The first-order chi connectivity index (χ1) is 8.24. The highest BCUT2D eigenvalue weighted by molar-refractivity contribution is 6.31. The molecule has 2 rings (SSSR count). The molecular weight excluding hydrogens is 238 g/mol. The number of ether oxygens (including phenoxy) is 2. The highest BCUT2D eigenvalue weighted by Crippen LogP contribution is 2.33. The van der Waals surface area contributed by atoms with Crippen LogP contribution >= 0.6 is 11.6 Å². The van der Waals surface area contributed by atoms with Crippen LogP contribution in [0.1, 0.15) is 18.4 Å². The molecule has 17 heavy (non-hydrogen) atoms. The SMILES string of the molecule is COc1cc(Cl)c(CC2CCCN2)c(OC)c1. The second kappa shape index (κ2) is 5.61. The summed E-state index contributed by atoms with van der Waals surface area (Å²) in [6, 6.07) is 4.24. The van der Waals surface area contributed by atoms with Crippen LogP contribution in [0.3, 0.4) is 0 Å². The number of methoxy groups -OCH3 is 2. The molecule has 0 aromatic heterocycles. The number of rotatable bonds is 4. The van der Waals surface area contributed by atoms with Crippen LogP contribution in [0.25, 0.3) is 0 Å². The van der Waals surface area contributed by atoms with Crippen LogP contribution in [0, 0.1) is 0 Å². The fourth-order valence-electron chi connectivity index (χ4n) is 2.26. The number of nitrogens with one attached hydrogen (secondary N) is 1. The summed E-state index contributed by atoms with van der Waals surface area (Å²) in [5.74, 6) is 1.54. The summed E-state index contributed by atoms with van der Waals surface area (Å²) in [4.78, 5) is 0. The van der Waals surface area contributed by atoms with Gasteiger partial charge >= 0.3 is 0 Å². The topological polar surface area (TPSA) is 30.5 Å². The van der Waals surface area contributed by atoms with Gasteiger partial charge < -0.3 is 14.8 Å². The monoisotopic (exact) mass is 255 g/mol. The van der Waals surface area contributed by atoms with E-state index in [9.17, 15) is 0 Å². The van der Waals surface area contributed by atoms with Crippen molar-refractivity contribution in [2.75, 3.05) is 20.8 Å². The summed E-state index contributed by atoms with van der Waals surface area (Å²) in [5.41, 5.74) is 1.06. The zero-order valence-electron chi connectivity index (χ0n) is 10.3. The first-order valence-corrected chi connectivity index (χ1v) is 6.26. The van der Waals surface area contributed by atoms with E-state index < -0.39 is 0 Å². The Balaban J connectivity index is 2.24. The first kappa shape index (κ1) is 12.5. The summed E-state index contributed by atoms with van der Waals surface area (Å²) in [6.45, 7) is 1.10. The smallest absolute Gasteiger partial charge is 0.127 e. The average Bonchev–Trinajstić information content (AvgIpc) is 2.84. The number of benzene rings is 1. The quantitative estimate of drug-likeness (QED) is 0.897. The van der Waals surface area contributed by atoms with Crippen LogP contribution in [-0.4, -0.2) is 26.8 Å². The van der Waals surface area contributed by atoms with E-state index >= 15 is 0 Å². The third-order valence-corrected chi connectivity index (χ3v) is 3.53. The summed E-state index contributed by atoms with van der Waals surface area (Å²) >= 11 is 6.28. The van der Waals surface area contributed by atoms with Gasteiger partial charge in [-0.15, -0.1) is 0 Å². The van der Waals surface area contributed by atoms with E-state index in [0.717, 1.165) is 35.1 Å². The second-order valence-corrected chi connectivity index (χ2v) is 4.69. The maximum Gasteiger partial charge on any atom is 0.127 e. The molecule has 94 valence electrons. The molecule has 0 amide bonds. The molecule has 1 aliphatic rings. The summed E-state index contributed by atoms with van der Waals surface area (Å²) in [5, 5.41) is 4.18. The summed E-state index contributed by atoms with van der Waals surface area (Å²) < 4.78 is 10.6. The fraction of sp³-hybridized carbons (Fsp3) is 0.538. The molecule has 0 bridgehead atoms. The Labute approximate surface area is 107 Å². The highest BCUT2D eigenvalue weighted by Gasteiger charge is 2.19. The molecule has 3 nitrogen and oxygen atoms in total. The largest absolute Gasteiger partial charge is 0.497 e. The van der Waals surface area contributed by atoms with Crippen molar-refractivity contribution in [3.63, 3.8) is 0 Å². The highest BCUT2D eigenvalue weighted by atomic mass is 35.5.